The van der Waals surface area contributed by atoms with Crippen LogP contribution in [0.3, 0.4) is 0 Å². The minimum absolute atomic E-state index is 0.00694. The average Bonchev–Trinajstić information content (AvgIpc) is 2.67. The van der Waals surface area contributed by atoms with Crippen LogP contribution in [0.5, 0.6) is 5.75 Å². The zero-order valence-corrected chi connectivity index (χ0v) is 16.2. The summed E-state index contributed by atoms with van der Waals surface area (Å²) in [6.45, 7) is 5.07. The highest BCUT2D eigenvalue weighted by Crippen LogP contribution is 2.22. The third-order valence-corrected chi connectivity index (χ3v) is 3.99. The van der Waals surface area contributed by atoms with Gasteiger partial charge in [-0.2, -0.15) is 4.39 Å². The van der Waals surface area contributed by atoms with Crippen LogP contribution >= 0.6 is 0 Å². The summed E-state index contributed by atoms with van der Waals surface area (Å²) in [7, 11) is 0. The Hall–Kier alpha value is -3.49. The number of esters is 1. The summed E-state index contributed by atoms with van der Waals surface area (Å²) in [6, 6.07) is 10.2. The zero-order chi connectivity index (χ0) is 21.6. The minimum atomic E-state index is -1.18. The van der Waals surface area contributed by atoms with E-state index in [4.69, 9.17) is 9.47 Å². The number of nitrogens with zero attached hydrogens (tertiary/aromatic N) is 1. The van der Waals surface area contributed by atoms with E-state index in [-0.39, 0.29) is 12.3 Å². The van der Waals surface area contributed by atoms with E-state index in [1.54, 1.807) is 12.1 Å². The molecule has 0 spiro atoms. The van der Waals surface area contributed by atoms with Gasteiger partial charge in [-0.3, -0.25) is 14.9 Å². The van der Waals surface area contributed by atoms with Crippen molar-refractivity contribution < 1.29 is 28.4 Å². The molecular formula is C20H21FN2O6. The molecule has 2 aromatic carbocycles. The SMILES string of the molecule is CC(C)c1ccc(OCC(=O)O[C@H](C)C(=O)Nc2ccc(F)c([N+](=O)[O-])c2)cc1. The van der Waals surface area contributed by atoms with Gasteiger partial charge in [0.2, 0.25) is 5.82 Å². The fourth-order valence-corrected chi connectivity index (χ4v) is 2.35. The molecule has 0 bridgehead atoms. The molecule has 0 aliphatic heterocycles. The fourth-order valence-electron chi connectivity index (χ4n) is 2.35. The Labute approximate surface area is 166 Å². The van der Waals surface area contributed by atoms with Crippen molar-refractivity contribution in [2.24, 2.45) is 0 Å². The summed E-state index contributed by atoms with van der Waals surface area (Å²) >= 11 is 0. The van der Waals surface area contributed by atoms with E-state index < -0.39 is 34.4 Å². The van der Waals surface area contributed by atoms with E-state index in [0.29, 0.717) is 11.7 Å². The van der Waals surface area contributed by atoms with Gasteiger partial charge >= 0.3 is 11.7 Å². The molecule has 9 heteroatoms. The molecule has 0 aliphatic rings. The lowest BCUT2D eigenvalue weighted by Crippen LogP contribution is -2.31. The standard InChI is InChI=1S/C20H21FN2O6/c1-12(2)14-4-7-16(8-5-14)28-11-19(24)29-13(3)20(25)22-15-6-9-17(21)18(10-15)23(26)27/h4-10,12-13H,11H2,1-3H3,(H,22,25)/t13-/m1/s1. The number of nitro benzene ring substituents is 1. The third kappa shape index (κ3) is 6.27. The van der Waals surface area contributed by atoms with Gasteiger partial charge in [-0.1, -0.05) is 26.0 Å². The van der Waals surface area contributed by atoms with Gasteiger partial charge in [0.15, 0.2) is 12.7 Å². The van der Waals surface area contributed by atoms with Crippen LogP contribution in [0, 0.1) is 15.9 Å². The molecular weight excluding hydrogens is 383 g/mol. The van der Waals surface area contributed by atoms with Gasteiger partial charge in [0, 0.05) is 11.8 Å². The molecule has 2 rings (SSSR count). The molecule has 29 heavy (non-hydrogen) atoms. The van der Waals surface area contributed by atoms with Crippen molar-refractivity contribution in [1.82, 2.24) is 0 Å². The number of nitro groups is 1. The number of ether oxygens (including phenoxy) is 2. The maximum absolute atomic E-state index is 13.3. The van der Waals surface area contributed by atoms with Gasteiger partial charge in [-0.25, -0.2) is 4.79 Å². The van der Waals surface area contributed by atoms with Crippen molar-refractivity contribution in [3.63, 3.8) is 0 Å². The molecule has 0 fully saturated rings. The lowest BCUT2D eigenvalue weighted by atomic mass is 10.0. The average molecular weight is 404 g/mol. The van der Waals surface area contributed by atoms with Gasteiger partial charge in [-0.15, -0.1) is 0 Å². The monoisotopic (exact) mass is 404 g/mol. The molecule has 0 saturated carbocycles. The van der Waals surface area contributed by atoms with Gasteiger partial charge < -0.3 is 14.8 Å². The van der Waals surface area contributed by atoms with Crippen molar-refractivity contribution >= 4 is 23.3 Å². The van der Waals surface area contributed by atoms with Gasteiger partial charge in [-0.05, 0) is 42.7 Å². The smallest absolute Gasteiger partial charge is 0.344 e. The van der Waals surface area contributed by atoms with Gasteiger partial charge in [0.1, 0.15) is 5.75 Å². The summed E-state index contributed by atoms with van der Waals surface area (Å²) in [5, 5.41) is 13.1. The molecule has 8 nitrogen and oxygen atoms in total. The number of rotatable bonds is 8. The third-order valence-electron chi connectivity index (χ3n) is 3.99. The topological polar surface area (TPSA) is 108 Å². The summed E-state index contributed by atoms with van der Waals surface area (Å²) in [5.41, 5.74) is 0.364. The first-order chi connectivity index (χ1) is 13.7. The first-order valence-electron chi connectivity index (χ1n) is 8.84. The molecule has 1 atom stereocenters. The van der Waals surface area contributed by atoms with E-state index in [0.717, 1.165) is 17.7 Å². The molecule has 0 radical (unpaired) electrons. The van der Waals surface area contributed by atoms with Crippen LogP contribution in [0.15, 0.2) is 42.5 Å². The number of benzene rings is 2. The Morgan fingerprint density at radius 3 is 2.38 bits per heavy atom. The normalized spacial score (nSPS) is 11.6. The maximum atomic E-state index is 13.3. The molecule has 1 amide bonds. The largest absolute Gasteiger partial charge is 0.482 e. The molecule has 0 unspecified atom stereocenters. The highest BCUT2D eigenvalue weighted by Gasteiger charge is 2.20. The lowest BCUT2D eigenvalue weighted by Gasteiger charge is -2.14. The first-order valence-corrected chi connectivity index (χ1v) is 8.84. The number of amides is 1. The molecule has 154 valence electrons. The molecule has 1 N–H and O–H groups in total. The first kappa shape index (κ1) is 21.8. The van der Waals surface area contributed by atoms with Crippen LogP contribution in [-0.4, -0.2) is 29.5 Å². The van der Waals surface area contributed by atoms with Crippen molar-refractivity contribution in [2.45, 2.75) is 32.8 Å². The van der Waals surface area contributed by atoms with E-state index >= 15 is 0 Å². The number of anilines is 1. The van der Waals surface area contributed by atoms with E-state index in [1.165, 1.54) is 13.0 Å². The van der Waals surface area contributed by atoms with E-state index in [9.17, 15) is 24.1 Å². The van der Waals surface area contributed by atoms with Crippen molar-refractivity contribution in [2.75, 3.05) is 11.9 Å². The molecule has 2 aromatic rings. The summed E-state index contributed by atoms with van der Waals surface area (Å²) in [4.78, 5) is 33.8. The van der Waals surface area contributed by atoms with Crippen LogP contribution in [-0.2, 0) is 14.3 Å². The van der Waals surface area contributed by atoms with Crippen LogP contribution in [0.2, 0.25) is 0 Å². The molecule has 0 aliphatic carbocycles. The highest BCUT2D eigenvalue weighted by atomic mass is 19.1. The summed E-state index contributed by atoms with van der Waals surface area (Å²) < 4.78 is 23.7. The fraction of sp³-hybridized carbons (Fsp3) is 0.300. The number of halogens is 1. The predicted octanol–water partition coefficient (Wildman–Crippen LogP) is 3.81. The Bertz CT molecular complexity index is 898. The summed E-state index contributed by atoms with van der Waals surface area (Å²) in [6.07, 6.45) is -1.18. The number of carbonyl (C=O) groups is 2. The van der Waals surface area contributed by atoms with Crippen molar-refractivity contribution in [3.8, 4) is 5.75 Å². The number of nitrogens with one attached hydrogen (secondary N) is 1. The molecule has 0 saturated heterocycles. The second kappa shape index (κ2) is 9.63. The number of hydrogen-bond acceptors (Lipinski definition) is 6. The Kier molecular flexibility index (Phi) is 7.24. The van der Waals surface area contributed by atoms with Crippen LogP contribution in [0.1, 0.15) is 32.3 Å². The van der Waals surface area contributed by atoms with Crippen LogP contribution in [0.4, 0.5) is 15.8 Å². The Morgan fingerprint density at radius 2 is 1.79 bits per heavy atom. The van der Waals surface area contributed by atoms with Crippen molar-refractivity contribution in [1.29, 1.82) is 0 Å². The predicted molar refractivity (Wildman–Crippen MR) is 103 cm³/mol. The summed E-state index contributed by atoms with van der Waals surface area (Å²) in [5.74, 6) is -1.64. The second-order valence-electron chi connectivity index (χ2n) is 6.56. The second-order valence-corrected chi connectivity index (χ2v) is 6.56. The molecule has 0 heterocycles. The maximum Gasteiger partial charge on any atom is 0.344 e. The van der Waals surface area contributed by atoms with Gasteiger partial charge in [0.25, 0.3) is 5.91 Å². The van der Waals surface area contributed by atoms with E-state index in [1.807, 2.05) is 12.1 Å². The van der Waals surface area contributed by atoms with Crippen molar-refractivity contribution in [3.05, 3.63) is 64.0 Å². The van der Waals surface area contributed by atoms with E-state index in [2.05, 4.69) is 19.2 Å². The Balaban J connectivity index is 1.86. The quantitative estimate of drug-likeness (QED) is 0.407. The van der Waals surface area contributed by atoms with Crippen LogP contribution in [0.25, 0.3) is 0 Å². The minimum Gasteiger partial charge on any atom is -0.482 e. The Morgan fingerprint density at radius 1 is 1.14 bits per heavy atom. The van der Waals surface area contributed by atoms with Gasteiger partial charge in [0.05, 0.1) is 4.92 Å². The highest BCUT2D eigenvalue weighted by molar-refractivity contribution is 5.95. The number of hydrogen-bond donors (Lipinski definition) is 1. The molecule has 0 aromatic heterocycles. The van der Waals surface area contributed by atoms with Crippen LogP contribution < -0.4 is 10.1 Å². The lowest BCUT2D eigenvalue weighted by molar-refractivity contribution is -0.387. The zero-order valence-electron chi connectivity index (χ0n) is 16.2. The number of carbonyl (C=O) groups excluding carboxylic acids is 2.